The Kier molecular flexibility index (Phi) is 24.9. The van der Waals surface area contributed by atoms with Gasteiger partial charge in [0.15, 0.2) is 0 Å². The Labute approximate surface area is 245 Å². The maximum atomic E-state index is 10.6. The highest BCUT2D eigenvalue weighted by Gasteiger charge is 2.13. The normalized spacial score (nSPS) is 12.6. The highest BCUT2D eigenvalue weighted by Crippen LogP contribution is 2.35. The van der Waals surface area contributed by atoms with Crippen LogP contribution in [-0.2, 0) is 18.6 Å². The molecule has 0 aliphatic rings. The van der Waals surface area contributed by atoms with Crippen molar-refractivity contribution in [2.45, 2.75) is 135 Å². The highest BCUT2D eigenvalue weighted by molar-refractivity contribution is 7.46. The molecule has 1 atom stereocenters. The summed E-state index contributed by atoms with van der Waals surface area (Å²) in [5.41, 5.74) is 0. The van der Waals surface area contributed by atoms with Crippen LogP contribution in [0.4, 0.5) is 0 Å². The minimum absolute atomic E-state index is 0.0125. The van der Waals surface area contributed by atoms with Crippen LogP contribution in [-0.4, -0.2) is 48.9 Å². The van der Waals surface area contributed by atoms with Crippen LogP contribution in [0.5, 0.6) is 5.75 Å². The number of unbranched alkanes of at least 4 members (excludes halogenated alkanes) is 17. The van der Waals surface area contributed by atoms with E-state index in [1.165, 1.54) is 109 Å². The maximum absolute atomic E-state index is 10.6. The van der Waals surface area contributed by atoms with E-state index in [9.17, 15) is 4.57 Å². The molecule has 40 heavy (non-hydrogen) atoms. The van der Waals surface area contributed by atoms with E-state index in [0.29, 0.717) is 19.8 Å². The Morgan fingerprint density at radius 3 is 1.57 bits per heavy atom. The molecule has 0 amide bonds. The van der Waals surface area contributed by atoms with Gasteiger partial charge in [0.1, 0.15) is 11.9 Å². The summed E-state index contributed by atoms with van der Waals surface area (Å²) in [6, 6.07) is 9.84. The molecular weight excluding hydrogens is 527 g/mol. The second-order valence-electron chi connectivity index (χ2n) is 10.9. The van der Waals surface area contributed by atoms with E-state index in [4.69, 9.17) is 24.0 Å². The molecule has 0 heterocycles. The van der Waals surface area contributed by atoms with Crippen LogP contribution in [0.15, 0.2) is 30.3 Å². The van der Waals surface area contributed by atoms with Gasteiger partial charge in [0.05, 0.1) is 33.0 Å². The number of hydrogen-bond acceptors (Lipinski definition) is 5. The Balaban J connectivity index is 2.00. The lowest BCUT2D eigenvalue weighted by Gasteiger charge is -2.19. The predicted octanol–water partition coefficient (Wildman–Crippen LogP) is 9.01. The van der Waals surface area contributed by atoms with Crippen molar-refractivity contribution in [2.24, 2.45) is 0 Å². The quantitative estimate of drug-likeness (QED) is 0.0686. The molecule has 8 heteroatoms. The molecule has 2 N–H and O–H groups in total. The van der Waals surface area contributed by atoms with Crippen molar-refractivity contribution in [1.29, 1.82) is 0 Å². The van der Waals surface area contributed by atoms with Crippen molar-refractivity contribution in [2.75, 3.05) is 33.0 Å². The van der Waals surface area contributed by atoms with E-state index >= 15 is 0 Å². The summed E-state index contributed by atoms with van der Waals surface area (Å²) in [6.45, 7) is 3.45. The zero-order chi connectivity index (χ0) is 29.0. The topological polar surface area (TPSA) is 94.5 Å². The monoisotopic (exact) mass is 586 g/mol. The van der Waals surface area contributed by atoms with E-state index < -0.39 is 7.82 Å². The molecule has 0 saturated heterocycles. The van der Waals surface area contributed by atoms with Crippen LogP contribution in [0, 0.1) is 0 Å². The summed E-state index contributed by atoms with van der Waals surface area (Å²) in [7, 11) is -4.44. The average molecular weight is 587 g/mol. The molecule has 0 aromatic heterocycles. The van der Waals surface area contributed by atoms with Gasteiger partial charge in [-0.1, -0.05) is 134 Å². The van der Waals surface area contributed by atoms with Crippen LogP contribution < -0.4 is 4.74 Å². The number of phosphoric ester groups is 1. The van der Waals surface area contributed by atoms with Gasteiger partial charge >= 0.3 is 7.82 Å². The zero-order valence-electron chi connectivity index (χ0n) is 25.3. The van der Waals surface area contributed by atoms with Gasteiger partial charge in [0, 0.05) is 0 Å². The van der Waals surface area contributed by atoms with E-state index in [0.717, 1.165) is 18.6 Å². The minimum atomic E-state index is -4.44. The largest absolute Gasteiger partial charge is 0.488 e. The number of benzene rings is 1. The van der Waals surface area contributed by atoms with Crippen LogP contribution in [0.3, 0.4) is 0 Å². The lowest BCUT2D eigenvalue weighted by Crippen LogP contribution is -2.24. The van der Waals surface area contributed by atoms with Crippen LogP contribution >= 0.6 is 7.82 Å². The van der Waals surface area contributed by atoms with Crippen molar-refractivity contribution in [3.8, 4) is 5.75 Å². The number of hydrogen-bond donors (Lipinski definition) is 2. The zero-order valence-corrected chi connectivity index (χ0v) is 26.2. The molecule has 0 fully saturated rings. The Morgan fingerprint density at radius 2 is 1.07 bits per heavy atom. The molecule has 0 aliphatic heterocycles. The van der Waals surface area contributed by atoms with Crippen molar-refractivity contribution in [1.82, 2.24) is 0 Å². The molecule has 1 aromatic carbocycles. The summed E-state index contributed by atoms with van der Waals surface area (Å²) in [6.07, 6.45) is 25.6. The first-order valence-corrected chi connectivity index (χ1v) is 17.6. The third-order valence-electron chi connectivity index (χ3n) is 7.09. The summed E-state index contributed by atoms with van der Waals surface area (Å²) in [5.74, 6) is 0.851. The third kappa shape index (κ3) is 26.0. The van der Waals surface area contributed by atoms with Gasteiger partial charge in [-0.25, -0.2) is 4.57 Å². The molecule has 0 bridgehead atoms. The first kappa shape index (κ1) is 37.1. The van der Waals surface area contributed by atoms with E-state index in [1.54, 1.807) is 0 Å². The van der Waals surface area contributed by atoms with Gasteiger partial charge in [-0.3, -0.25) is 4.52 Å². The van der Waals surface area contributed by atoms with Crippen molar-refractivity contribution >= 4 is 7.82 Å². The number of rotatable bonds is 30. The predicted molar refractivity (Wildman–Crippen MR) is 164 cm³/mol. The standard InChI is InChI=1S/C32H59O7P/c1-2-3-4-5-6-7-8-9-10-11-12-13-14-15-16-17-18-20-25-32(39-31-23-21-19-22-24-31)30-37-27-26-36-28-29-38-40(33,34)35/h19,21-24,32H,2-18,20,25-30H2,1H3,(H2,33,34,35). The molecule has 234 valence electrons. The van der Waals surface area contributed by atoms with Gasteiger partial charge in [-0.2, -0.15) is 0 Å². The molecule has 0 radical (unpaired) electrons. The molecule has 0 aliphatic carbocycles. The number of phosphoric acid groups is 1. The van der Waals surface area contributed by atoms with E-state index in [-0.39, 0.29) is 19.3 Å². The molecule has 1 rings (SSSR count). The number of para-hydroxylation sites is 1. The molecule has 0 saturated carbocycles. The summed E-state index contributed by atoms with van der Waals surface area (Å²) < 4.78 is 32.2. The first-order chi connectivity index (χ1) is 19.5. The minimum Gasteiger partial charge on any atom is -0.488 e. The molecule has 7 nitrogen and oxygen atoms in total. The second kappa shape index (κ2) is 26.9. The van der Waals surface area contributed by atoms with Crippen LogP contribution in [0.1, 0.15) is 129 Å². The fraction of sp³-hybridized carbons (Fsp3) is 0.812. The molecule has 0 spiro atoms. The van der Waals surface area contributed by atoms with Gasteiger partial charge in [-0.15, -0.1) is 0 Å². The van der Waals surface area contributed by atoms with Gasteiger partial charge in [0.2, 0.25) is 0 Å². The smallest absolute Gasteiger partial charge is 0.469 e. The number of ether oxygens (including phenoxy) is 3. The van der Waals surface area contributed by atoms with E-state index in [1.807, 2.05) is 30.3 Å². The summed E-state index contributed by atoms with van der Waals surface area (Å²) in [4.78, 5) is 17.3. The summed E-state index contributed by atoms with van der Waals surface area (Å²) >= 11 is 0. The Bertz CT molecular complexity index is 698. The lowest BCUT2D eigenvalue weighted by molar-refractivity contribution is 0.00222. The fourth-order valence-electron chi connectivity index (χ4n) is 4.79. The summed E-state index contributed by atoms with van der Waals surface area (Å²) in [5, 5.41) is 0. The molecule has 1 aromatic rings. The lowest BCUT2D eigenvalue weighted by atomic mass is 10.0. The van der Waals surface area contributed by atoms with Crippen LogP contribution in [0.2, 0.25) is 0 Å². The fourth-order valence-corrected chi connectivity index (χ4v) is 5.10. The molecule has 1 unspecified atom stereocenters. The third-order valence-corrected chi connectivity index (χ3v) is 7.61. The van der Waals surface area contributed by atoms with Gasteiger partial charge in [-0.05, 0) is 25.0 Å². The van der Waals surface area contributed by atoms with E-state index in [2.05, 4.69) is 11.4 Å². The van der Waals surface area contributed by atoms with Crippen molar-refractivity contribution < 1.29 is 33.1 Å². The van der Waals surface area contributed by atoms with Gasteiger partial charge < -0.3 is 24.0 Å². The van der Waals surface area contributed by atoms with Crippen LogP contribution in [0.25, 0.3) is 0 Å². The Hall–Kier alpha value is -0.950. The second-order valence-corrected chi connectivity index (χ2v) is 12.1. The van der Waals surface area contributed by atoms with Crippen molar-refractivity contribution in [3.05, 3.63) is 30.3 Å². The van der Waals surface area contributed by atoms with Gasteiger partial charge in [0.25, 0.3) is 0 Å². The SMILES string of the molecule is CCCCCCCCCCCCCCCCCCCCC(COCCOCCOP(=O)(O)O)Oc1ccccc1. The average Bonchev–Trinajstić information content (AvgIpc) is 2.93. The van der Waals surface area contributed by atoms with Crippen molar-refractivity contribution in [3.63, 3.8) is 0 Å². The highest BCUT2D eigenvalue weighted by atomic mass is 31.2. The molecular formula is C32H59O7P. The Morgan fingerprint density at radius 1 is 0.625 bits per heavy atom. The maximum Gasteiger partial charge on any atom is 0.469 e. The first-order valence-electron chi connectivity index (χ1n) is 16.1.